The second kappa shape index (κ2) is 8.45. The van der Waals surface area contributed by atoms with Gasteiger partial charge in [0.15, 0.2) is 6.10 Å². The van der Waals surface area contributed by atoms with Crippen LogP contribution < -0.4 is 5.32 Å². The maximum Gasteiger partial charge on any atom is 0.349 e. The molecule has 0 unspecified atom stereocenters. The van der Waals surface area contributed by atoms with Gasteiger partial charge in [-0.1, -0.05) is 59.9 Å². The standard InChI is InChI=1S/C20H16N2O5S/c1-13(27-20(24)17-11-12-18(28-17)22(25)26)19(23)21-16-10-6-5-9-15(16)14-7-3-2-4-8-14/h2-13H,1H3,(H,21,23)/t13-/m0/s1. The highest BCUT2D eigenvalue weighted by Crippen LogP contribution is 2.28. The molecule has 1 amide bonds. The van der Waals surface area contributed by atoms with Gasteiger partial charge in [-0.05, 0) is 24.6 Å². The van der Waals surface area contributed by atoms with E-state index in [4.69, 9.17) is 4.74 Å². The SMILES string of the molecule is C[C@H](OC(=O)c1ccc([N+](=O)[O-])s1)C(=O)Nc1ccccc1-c1ccccc1. The van der Waals surface area contributed by atoms with Gasteiger partial charge in [-0.2, -0.15) is 0 Å². The summed E-state index contributed by atoms with van der Waals surface area (Å²) in [5, 5.41) is 13.3. The molecule has 0 saturated heterocycles. The van der Waals surface area contributed by atoms with E-state index in [1.54, 1.807) is 12.1 Å². The summed E-state index contributed by atoms with van der Waals surface area (Å²) in [4.78, 5) is 34.8. The fourth-order valence-corrected chi connectivity index (χ4v) is 3.21. The average molecular weight is 396 g/mol. The highest BCUT2D eigenvalue weighted by Gasteiger charge is 2.22. The van der Waals surface area contributed by atoms with Gasteiger partial charge in [-0.25, -0.2) is 4.79 Å². The number of anilines is 1. The lowest BCUT2D eigenvalue weighted by atomic mass is 10.0. The highest BCUT2D eigenvalue weighted by atomic mass is 32.1. The van der Waals surface area contributed by atoms with Gasteiger partial charge in [-0.15, -0.1) is 0 Å². The Morgan fingerprint density at radius 2 is 1.71 bits per heavy atom. The molecule has 28 heavy (non-hydrogen) atoms. The van der Waals surface area contributed by atoms with Gasteiger partial charge in [0, 0.05) is 17.3 Å². The summed E-state index contributed by atoms with van der Waals surface area (Å²) in [6.45, 7) is 1.44. The van der Waals surface area contributed by atoms with Crippen LogP contribution in [-0.2, 0) is 9.53 Å². The minimum atomic E-state index is -1.07. The van der Waals surface area contributed by atoms with Crippen molar-refractivity contribution in [2.45, 2.75) is 13.0 Å². The Labute approximate surface area is 164 Å². The van der Waals surface area contributed by atoms with Crippen LogP contribution in [0.4, 0.5) is 10.7 Å². The molecular formula is C20H16N2O5S. The first kappa shape index (κ1) is 19.2. The van der Waals surface area contributed by atoms with Gasteiger partial charge >= 0.3 is 11.0 Å². The third kappa shape index (κ3) is 4.41. The number of benzene rings is 2. The van der Waals surface area contributed by atoms with Crippen molar-refractivity contribution < 1.29 is 19.2 Å². The maximum atomic E-state index is 12.5. The smallest absolute Gasteiger partial charge is 0.349 e. The van der Waals surface area contributed by atoms with E-state index in [-0.39, 0.29) is 9.88 Å². The molecule has 1 aromatic heterocycles. The first-order valence-corrected chi connectivity index (χ1v) is 9.18. The van der Waals surface area contributed by atoms with Crippen LogP contribution in [0.5, 0.6) is 0 Å². The molecule has 142 valence electrons. The minimum Gasteiger partial charge on any atom is -0.448 e. The van der Waals surface area contributed by atoms with Gasteiger partial charge in [0.05, 0.1) is 4.92 Å². The number of nitrogens with one attached hydrogen (secondary N) is 1. The van der Waals surface area contributed by atoms with Crippen LogP contribution >= 0.6 is 11.3 Å². The van der Waals surface area contributed by atoms with Crippen LogP contribution in [-0.4, -0.2) is 22.9 Å². The first-order valence-electron chi connectivity index (χ1n) is 8.36. The van der Waals surface area contributed by atoms with E-state index in [0.29, 0.717) is 17.0 Å². The van der Waals surface area contributed by atoms with Gasteiger partial charge < -0.3 is 10.1 Å². The predicted octanol–water partition coefficient (Wildman–Crippen LogP) is 4.51. The number of carbonyl (C=O) groups is 2. The Bertz CT molecular complexity index is 1020. The van der Waals surface area contributed by atoms with E-state index < -0.39 is 22.9 Å². The van der Waals surface area contributed by atoms with Crippen LogP contribution in [0.2, 0.25) is 0 Å². The Balaban J connectivity index is 1.69. The van der Waals surface area contributed by atoms with E-state index >= 15 is 0 Å². The lowest BCUT2D eigenvalue weighted by Gasteiger charge is -2.15. The number of hydrogen-bond acceptors (Lipinski definition) is 6. The average Bonchev–Trinajstić information content (AvgIpc) is 3.20. The Morgan fingerprint density at radius 3 is 2.39 bits per heavy atom. The number of ether oxygens (including phenoxy) is 1. The molecule has 1 heterocycles. The third-order valence-electron chi connectivity index (χ3n) is 3.90. The van der Waals surface area contributed by atoms with Crippen molar-refractivity contribution >= 4 is 33.9 Å². The first-order chi connectivity index (χ1) is 13.5. The second-order valence-corrected chi connectivity index (χ2v) is 6.91. The lowest BCUT2D eigenvalue weighted by Crippen LogP contribution is -2.30. The summed E-state index contributed by atoms with van der Waals surface area (Å²) < 4.78 is 5.15. The van der Waals surface area contributed by atoms with Crippen molar-refractivity contribution in [1.29, 1.82) is 0 Å². The zero-order valence-electron chi connectivity index (χ0n) is 14.8. The number of hydrogen-bond donors (Lipinski definition) is 1. The lowest BCUT2D eigenvalue weighted by molar-refractivity contribution is -0.380. The quantitative estimate of drug-likeness (QED) is 0.376. The van der Waals surface area contributed by atoms with Crippen LogP contribution in [0, 0.1) is 10.1 Å². The van der Waals surface area contributed by atoms with Gasteiger partial charge in [-0.3, -0.25) is 14.9 Å². The molecule has 0 bridgehead atoms. The largest absolute Gasteiger partial charge is 0.448 e. The van der Waals surface area contributed by atoms with Crippen molar-refractivity contribution in [2.75, 3.05) is 5.32 Å². The van der Waals surface area contributed by atoms with Crippen molar-refractivity contribution in [3.8, 4) is 11.1 Å². The summed E-state index contributed by atoms with van der Waals surface area (Å²) >= 11 is 0.701. The van der Waals surface area contributed by atoms with E-state index in [2.05, 4.69) is 5.32 Å². The normalized spacial score (nSPS) is 11.5. The maximum absolute atomic E-state index is 12.5. The zero-order chi connectivity index (χ0) is 20.1. The fraction of sp³-hybridized carbons (Fsp3) is 0.100. The molecule has 7 nitrogen and oxygen atoms in total. The topological polar surface area (TPSA) is 98.5 Å². The molecule has 2 aromatic carbocycles. The summed E-state index contributed by atoms with van der Waals surface area (Å²) in [6, 6.07) is 19.4. The monoisotopic (exact) mass is 396 g/mol. The van der Waals surface area contributed by atoms with Gasteiger partial charge in [0.1, 0.15) is 4.88 Å². The molecule has 0 spiro atoms. The molecule has 0 aliphatic heterocycles. The number of carbonyl (C=O) groups excluding carboxylic acids is 2. The number of para-hydroxylation sites is 1. The van der Waals surface area contributed by atoms with E-state index in [0.717, 1.165) is 11.1 Å². The molecular weight excluding hydrogens is 380 g/mol. The molecule has 3 aromatic rings. The molecule has 0 radical (unpaired) electrons. The number of rotatable bonds is 6. The van der Waals surface area contributed by atoms with Crippen molar-refractivity contribution in [3.63, 3.8) is 0 Å². The molecule has 0 aliphatic carbocycles. The number of thiophene rings is 1. The molecule has 0 fully saturated rings. The van der Waals surface area contributed by atoms with Crippen molar-refractivity contribution in [2.24, 2.45) is 0 Å². The van der Waals surface area contributed by atoms with Gasteiger partial charge in [0.2, 0.25) is 0 Å². The Morgan fingerprint density at radius 1 is 1.04 bits per heavy atom. The summed E-state index contributed by atoms with van der Waals surface area (Å²) in [7, 11) is 0. The fourth-order valence-electron chi connectivity index (χ4n) is 2.50. The summed E-state index contributed by atoms with van der Waals surface area (Å²) in [5.74, 6) is -1.28. The molecule has 0 saturated carbocycles. The minimum absolute atomic E-state index is 0.0658. The number of nitro groups is 1. The molecule has 1 atom stereocenters. The predicted molar refractivity (Wildman–Crippen MR) is 106 cm³/mol. The van der Waals surface area contributed by atoms with Crippen molar-refractivity contribution in [1.82, 2.24) is 0 Å². The van der Waals surface area contributed by atoms with E-state index in [1.807, 2.05) is 42.5 Å². The zero-order valence-corrected chi connectivity index (χ0v) is 15.6. The number of esters is 1. The number of nitrogens with zero attached hydrogens (tertiary/aromatic N) is 1. The van der Waals surface area contributed by atoms with Crippen LogP contribution in [0.25, 0.3) is 11.1 Å². The van der Waals surface area contributed by atoms with Crippen molar-refractivity contribution in [3.05, 3.63) is 81.7 Å². The number of amides is 1. The molecule has 1 N–H and O–H groups in total. The van der Waals surface area contributed by atoms with E-state index in [9.17, 15) is 19.7 Å². The summed E-state index contributed by atoms with van der Waals surface area (Å²) in [6.07, 6.45) is -1.07. The molecule has 0 aliphatic rings. The molecule has 8 heteroatoms. The Kier molecular flexibility index (Phi) is 5.81. The second-order valence-electron chi connectivity index (χ2n) is 5.84. The van der Waals surface area contributed by atoms with Gasteiger partial charge in [0.25, 0.3) is 5.91 Å². The van der Waals surface area contributed by atoms with Crippen LogP contribution in [0.1, 0.15) is 16.6 Å². The third-order valence-corrected chi connectivity index (χ3v) is 4.91. The van der Waals surface area contributed by atoms with E-state index in [1.165, 1.54) is 19.1 Å². The van der Waals surface area contributed by atoms with Crippen LogP contribution in [0.15, 0.2) is 66.7 Å². The van der Waals surface area contributed by atoms with Crippen LogP contribution in [0.3, 0.4) is 0 Å². The molecule has 3 rings (SSSR count). The summed E-state index contributed by atoms with van der Waals surface area (Å²) in [5.41, 5.74) is 2.37. The highest BCUT2D eigenvalue weighted by molar-refractivity contribution is 7.17. The Hall–Kier alpha value is -3.52.